The van der Waals surface area contributed by atoms with E-state index in [-0.39, 0.29) is 11.7 Å². The summed E-state index contributed by atoms with van der Waals surface area (Å²) in [5.74, 6) is 0.0853. The van der Waals surface area contributed by atoms with Crippen molar-refractivity contribution in [1.29, 1.82) is 0 Å². The molecule has 0 amide bonds. The summed E-state index contributed by atoms with van der Waals surface area (Å²) < 4.78 is 23.6. The number of ether oxygens (including phenoxy) is 2. The molecule has 1 aromatic carbocycles. The Morgan fingerprint density at radius 3 is 2.78 bits per heavy atom. The molecule has 0 saturated carbocycles. The number of rotatable bonds is 9. The van der Waals surface area contributed by atoms with Crippen LogP contribution in [0.15, 0.2) is 24.3 Å². The van der Waals surface area contributed by atoms with Crippen LogP contribution >= 0.6 is 0 Å². The quantitative estimate of drug-likeness (QED) is 0.686. The minimum absolute atomic E-state index is 0.186. The van der Waals surface area contributed by atoms with Crippen molar-refractivity contribution in [2.45, 2.75) is 12.3 Å². The SMILES string of the molecule is CNCC(CCOCCOC)c1cccc(F)c1. The second kappa shape index (κ2) is 9.03. The van der Waals surface area contributed by atoms with Gasteiger partial charge in [0, 0.05) is 20.3 Å². The smallest absolute Gasteiger partial charge is 0.123 e. The predicted molar refractivity (Wildman–Crippen MR) is 70.4 cm³/mol. The summed E-state index contributed by atoms with van der Waals surface area (Å²) in [4.78, 5) is 0. The number of halogens is 1. The molecule has 1 N–H and O–H groups in total. The van der Waals surface area contributed by atoms with E-state index in [0.717, 1.165) is 18.5 Å². The Morgan fingerprint density at radius 1 is 1.28 bits per heavy atom. The maximum Gasteiger partial charge on any atom is 0.123 e. The third kappa shape index (κ3) is 5.58. The van der Waals surface area contributed by atoms with Gasteiger partial charge in [0.1, 0.15) is 5.82 Å². The minimum Gasteiger partial charge on any atom is -0.382 e. The summed E-state index contributed by atoms with van der Waals surface area (Å²) in [6, 6.07) is 6.77. The molecule has 1 rings (SSSR count). The van der Waals surface area contributed by atoms with Gasteiger partial charge >= 0.3 is 0 Å². The van der Waals surface area contributed by atoms with Crippen LogP contribution in [0.2, 0.25) is 0 Å². The van der Waals surface area contributed by atoms with Crippen LogP contribution < -0.4 is 5.32 Å². The highest BCUT2D eigenvalue weighted by molar-refractivity contribution is 5.21. The molecular formula is C14H22FNO2. The van der Waals surface area contributed by atoms with Crippen LogP contribution in [0.25, 0.3) is 0 Å². The molecule has 102 valence electrons. The first kappa shape index (κ1) is 15.1. The molecule has 0 aliphatic heterocycles. The van der Waals surface area contributed by atoms with Crippen molar-refractivity contribution >= 4 is 0 Å². The molecule has 1 atom stereocenters. The van der Waals surface area contributed by atoms with Crippen LogP contribution in [0, 0.1) is 5.82 Å². The summed E-state index contributed by atoms with van der Waals surface area (Å²) in [5.41, 5.74) is 1.01. The number of hydrogen-bond donors (Lipinski definition) is 1. The Labute approximate surface area is 108 Å². The molecule has 4 heteroatoms. The average molecular weight is 255 g/mol. The van der Waals surface area contributed by atoms with Gasteiger partial charge in [-0.2, -0.15) is 0 Å². The van der Waals surface area contributed by atoms with E-state index in [0.29, 0.717) is 19.8 Å². The van der Waals surface area contributed by atoms with Crippen molar-refractivity contribution < 1.29 is 13.9 Å². The van der Waals surface area contributed by atoms with E-state index in [1.54, 1.807) is 19.2 Å². The lowest BCUT2D eigenvalue weighted by molar-refractivity contribution is 0.0670. The number of benzene rings is 1. The molecule has 18 heavy (non-hydrogen) atoms. The number of methoxy groups -OCH3 is 1. The summed E-state index contributed by atoms with van der Waals surface area (Å²) in [5, 5.41) is 3.14. The van der Waals surface area contributed by atoms with Crippen molar-refractivity contribution in [3.05, 3.63) is 35.6 Å². The first-order valence-corrected chi connectivity index (χ1v) is 6.24. The Balaban J connectivity index is 2.44. The third-order valence-electron chi connectivity index (χ3n) is 2.81. The molecule has 1 unspecified atom stereocenters. The van der Waals surface area contributed by atoms with Crippen LogP contribution in [0.1, 0.15) is 17.9 Å². The van der Waals surface area contributed by atoms with Crippen molar-refractivity contribution in [2.75, 3.05) is 40.5 Å². The summed E-state index contributed by atoms with van der Waals surface area (Å²) in [6.07, 6.45) is 0.869. The highest BCUT2D eigenvalue weighted by Gasteiger charge is 2.11. The van der Waals surface area contributed by atoms with Crippen molar-refractivity contribution in [2.24, 2.45) is 0 Å². The van der Waals surface area contributed by atoms with Crippen LogP contribution in [-0.2, 0) is 9.47 Å². The lowest BCUT2D eigenvalue weighted by atomic mass is 9.96. The molecule has 0 bridgehead atoms. The van der Waals surface area contributed by atoms with Gasteiger partial charge in [-0.15, -0.1) is 0 Å². The zero-order chi connectivity index (χ0) is 13.2. The second-order valence-corrected chi connectivity index (χ2v) is 4.20. The summed E-state index contributed by atoms with van der Waals surface area (Å²) in [6.45, 7) is 2.69. The molecule has 0 spiro atoms. The van der Waals surface area contributed by atoms with Gasteiger partial charge in [-0.25, -0.2) is 4.39 Å². The first-order chi connectivity index (χ1) is 8.77. The van der Waals surface area contributed by atoms with Gasteiger partial charge in [0.15, 0.2) is 0 Å². The number of likely N-dealkylation sites (N-methyl/N-ethyl adjacent to an activating group) is 1. The van der Waals surface area contributed by atoms with Crippen LogP contribution in [0.4, 0.5) is 4.39 Å². The van der Waals surface area contributed by atoms with Gasteiger partial charge in [-0.05, 0) is 37.1 Å². The van der Waals surface area contributed by atoms with Crippen molar-refractivity contribution in [3.8, 4) is 0 Å². The third-order valence-corrected chi connectivity index (χ3v) is 2.81. The maximum absolute atomic E-state index is 13.2. The molecule has 0 aliphatic carbocycles. The topological polar surface area (TPSA) is 30.5 Å². The molecule has 1 aromatic rings. The van der Waals surface area contributed by atoms with Crippen molar-refractivity contribution in [1.82, 2.24) is 5.32 Å². The van der Waals surface area contributed by atoms with Crippen LogP contribution in [0.3, 0.4) is 0 Å². The molecule has 0 radical (unpaired) electrons. The van der Waals surface area contributed by atoms with E-state index < -0.39 is 0 Å². The maximum atomic E-state index is 13.2. The zero-order valence-corrected chi connectivity index (χ0v) is 11.1. The standard InChI is InChI=1S/C14H22FNO2/c1-16-11-13(6-7-18-9-8-17-2)12-4-3-5-14(15)10-12/h3-5,10,13,16H,6-9,11H2,1-2H3. The van der Waals surface area contributed by atoms with Gasteiger partial charge in [-0.3, -0.25) is 0 Å². The normalized spacial score (nSPS) is 12.6. The lowest BCUT2D eigenvalue weighted by Crippen LogP contribution is -2.19. The highest BCUT2D eigenvalue weighted by Crippen LogP contribution is 2.19. The average Bonchev–Trinajstić information content (AvgIpc) is 2.37. The van der Waals surface area contributed by atoms with E-state index >= 15 is 0 Å². The second-order valence-electron chi connectivity index (χ2n) is 4.20. The molecule has 3 nitrogen and oxygen atoms in total. The zero-order valence-electron chi connectivity index (χ0n) is 11.1. The van der Waals surface area contributed by atoms with Gasteiger partial charge in [0.05, 0.1) is 13.2 Å². The van der Waals surface area contributed by atoms with Gasteiger partial charge < -0.3 is 14.8 Å². The van der Waals surface area contributed by atoms with Crippen molar-refractivity contribution in [3.63, 3.8) is 0 Å². The molecule has 0 saturated heterocycles. The van der Waals surface area contributed by atoms with E-state index in [4.69, 9.17) is 9.47 Å². The Kier molecular flexibility index (Phi) is 7.57. The fraction of sp³-hybridized carbons (Fsp3) is 0.571. The van der Waals surface area contributed by atoms with E-state index in [2.05, 4.69) is 5.32 Å². The fourth-order valence-electron chi connectivity index (χ4n) is 1.86. The fourth-order valence-corrected chi connectivity index (χ4v) is 1.86. The summed E-state index contributed by atoms with van der Waals surface area (Å²) >= 11 is 0. The lowest BCUT2D eigenvalue weighted by Gasteiger charge is -2.17. The van der Waals surface area contributed by atoms with Gasteiger partial charge in [0.2, 0.25) is 0 Å². The van der Waals surface area contributed by atoms with Gasteiger partial charge in [-0.1, -0.05) is 12.1 Å². The molecule has 0 aliphatic rings. The number of nitrogens with one attached hydrogen (secondary N) is 1. The Hall–Kier alpha value is -0.970. The minimum atomic E-state index is -0.186. The molecule has 0 heterocycles. The molecule has 0 fully saturated rings. The molecule has 0 aromatic heterocycles. The van der Waals surface area contributed by atoms with Crippen LogP contribution in [0.5, 0.6) is 0 Å². The summed E-state index contributed by atoms with van der Waals surface area (Å²) in [7, 11) is 3.55. The largest absolute Gasteiger partial charge is 0.382 e. The van der Waals surface area contributed by atoms with E-state index in [9.17, 15) is 4.39 Å². The first-order valence-electron chi connectivity index (χ1n) is 6.24. The van der Waals surface area contributed by atoms with E-state index in [1.807, 2.05) is 13.1 Å². The Morgan fingerprint density at radius 2 is 2.11 bits per heavy atom. The number of hydrogen-bond acceptors (Lipinski definition) is 3. The highest BCUT2D eigenvalue weighted by atomic mass is 19.1. The van der Waals surface area contributed by atoms with Gasteiger partial charge in [0.25, 0.3) is 0 Å². The predicted octanol–water partition coefficient (Wildman–Crippen LogP) is 2.18. The monoisotopic (exact) mass is 255 g/mol. The van der Waals surface area contributed by atoms with E-state index in [1.165, 1.54) is 6.07 Å². The Bertz CT molecular complexity index is 333. The molecular weight excluding hydrogens is 233 g/mol. The van der Waals surface area contributed by atoms with Crippen LogP contribution in [-0.4, -0.2) is 40.5 Å².